The average Bonchev–Trinajstić information content (AvgIpc) is 2.42. The van der Waals surface area contributed by atoms with Crippen LogP contribution in [-0.4, -0.2) is 12.1 Å². The van der Waals surface area contributed by atoms with E-state index in [1.54, 1.807) is 19.4 Å². The van der Waals surface area contributed by atoms with E-state index in [0.29, 0.717) is 12.3 Å². The number of methoxy groups -OCH3 is 1. The number of rotatable bonds is 4. The van der Waals surface area contributed by atoms with E-state index in [1.807, 2.05) is 36.4 Å². The first kappa shape index (κ1) is 12.1. The third-order valence-corrected chi connectivity index (χ3v) is 2.43. The molecule has 0 saturated carbocycles. The summed E-state index contributed by atoms with van der Waals surface area (Å²) < 4.78 is 5.05. The second kappa shape index (κ2) is 5.80. The van der Waals surface area contributed by atoms with Crippen LogP contribution in [0.5, 0.6) is 0 Å². The summed E-state index contributed by atoms with van der Waals surface area (Å²) in [6, 6.07) is 13.5. The van der Waals surface area contributed by atoms with Gasteiger partial charge in [-0.1, -0.05) is 12.1 Å². The Kier molecular flexibility index (Phi) is 3.90. The fourth-order valence-corrected chi connectivity index (χ4v) is 1.59. The van der Waals surface area contributed by atoms with E-state index in [-0.39, 0.29) is 0 Å². The highest BCUT2D eigenvalue weighted by atomic mass is 16.5. The number of ether oxygens (including phenoxy) is 1. The van der Waals surface area contributed by atoms with Crippen molar-refractivity contribution >= 4 is 11.4 Å². The van der Waals surface area contributed by atoms with Gasteiger partial charge in [-0.3, -0.25) is 0 Å². The first-order valence-corrected chi connectivity index (χ1v) is 5.53. The molecule has 1 aromatic heterocycles. The van der Waals surface area contributed by atoms with Crippen molar-refractivity contribution in [2.45, 2.75) is 6.61 Å². The van der Waals surface area contributed by atoms with Crippen molar-refractivity contribution in [3.63, 3.8) is 0 Å². The fraction of sp³-hybridized carbons (Fsp3) is 0.143. The Hall–Kier alpha value is -2.38. The van der Waals surface area contributed by atoms with Crippen LogP contribution in [0.3, 0.4) is 0 Å². The van der Waals surface area contributed by atoms with Crippen molar-refractivity contribution in [1.29, 1.82) is 5.26 Å². The standard InChI is InChI=1S/C14H13N3O/c1-18-10-11-2-4-12(5-3-11)17-13-6-7-16-14(8-13)9-15/h2-8H,10H2,1H3,(H,16,17). The Labute approximate surface area is 106 Å². The van der Waals surface area contributed by atoms with Gasteiger partial charge in [0, 0.05) is 24.7 Å². The summed E-state index contributed by atoms with van der Waals surface area (Å²) >= 11 is 0. The minimum absolute atomic E-state index is 0.399. The minimum atomic E-state index is 0.399. The summed E-state index contributed by atoms with van der Waals surface area (Å²) in [6.45, 7) is 0.605. The zero-order valence-corrected chi connectivity index (χ0v) is 10.1. The predicted molar refractivity (Wildman–Crippen MR) is 69.4 cm³/mol. The summed E-state index contributed by atoms with van der Waals surface area (Å²) in [5, 5.41) is 12.0. The van der Waals surface area contributed by atoms with Crippen molar-refractivity contribution in [2.75, 3.05) is 12.4 Å². The first-order valence-electron chi connectivity index (χ1n) is 5.53. The molecule has 18 heavy (non-hydrogen) atoms. The van der Waals surface area contributed by atoms with Gasteiger partial charge in [-0.2, -0.15) is 5.26 Å². The number of pyridine rings is 1. The Morgan fingerprint density at radius 3 is 2.67 bits per heavy atom. The average molecular weight is 239 g/mol. The Morgan fingerprint density at radius 1 is 1.22 bits per heavy atom. The van der Waals surface area contributed by atoms with Gasteiger partial charge in [0.1, 0.15) is 11.8 Å². The molecule has 0 aliphatic rings. The van der Waals surface area contributed by atoms with Gasteiger partial charge in [0.15, 0.2) is 0 Å². The van der Waals surface area contributed by atoms with Crippen LogP contribution >= 0.6 is 0 Å². The topological polar surface area (TPSA) is 57.9 Å². The molecular formula is C14H13N3O. The molecule has 0 bridgehead atoms. The number of nitriles is 1. The number of nitrogens with zero attached hydrogens (tertiary/aromatic N) is 2. The van der Waals surface area contributed by atoms with Crippen molar-refractivity contribution in [2.24, 2.45) is 0 Å². The monoisotopic (exact) mass is 239 g/mol. The van der Waals surface area contributed by atoms with Crippen LogP contribution in [0.1, 0.15) is 11.3 Å². The summed E-state index contributed by atoms with van der Waals surface area (Å²) in [7, 11) is 1.67. The smallest absolute Gasteiger partial charge is 0.142 e. The molecule has 0 spiro atoms. The zero-order valence-electron chi connectivity index (χ0n) is 10.1. The van der Waals surface area contributed by atoms with Gasteiger partial charge in [-0.05, 0) is 29.8 Å². The second-order valence-electron chi connectivity index (χ2n) is 3.80. The molecule has 0 unspecified atom stereocenters. The van der Waals surface area contributed by atoms with Crippen LogP contribution in [0.15, 0.2) is 42.6 Å². The molecule has 90 valence electrons. The molecule has 4 nitrogen and oxygen atoms in total. The first-order chi connectivity index (χ1) is 8.81. The van der Waals surface area contributed by atoms with E-state index in [0.717, 1.165) is 16.9 Å². The summed E-state index contributed by atoms with van der Waals surface area (Å²) in [4.78, 5) is 3.92. The maximum absolute atomic E-state index is 8.77. The molecular weight excluding hydrogens is 226 g/mol. The Morgan fingerprint density at radius 2 is 2.00 bits per heavy atom. The molecule has 0 radical (unpaired) electrons. The molecule has 1 heterocycles. The molecule has 0 amide bonds. The molecule has 4 heteroatoms. The van der Waals surface area contributed by atoms with E-state index >= 15 is 0 Å². The van der Waals surface area contributed by atoms with Crippen LogP contribution < -0.4 is 5.32 Å². The SMILES string of the molecule is COCc1ccc(Nc2ccnc(C#N)c2)cc1. The van der Waals surface area contributed by atoms with E-state index < -0.39 is 0 Å². The van der Waals surface area contributed by atoms with E-state index in [2.05, 4.69) is 10.3 Å². The van der Waals surface area contributed by atoms with Crippen LogP contribution in [0, 0.1) is 11.3 Å². The number of hydrogen-bond donors (Lipinski definition) is 1. The summed E-state index contributed by atoms with van der Waals surface area (Å²) in [6.07, 6.45) is 1.61. The number of anilines is 2. The lowest BCUT2D eigenvalue weighted by Crippen LogP contribution is -1.93. The molecule has 0 saturated heterocycles. The molecule has 2 aromatic rings. The second-order valence-corrected chi connectivity index (χ2v) is 3.80. The Bertz CT molecular complexity index is 558. The third kappa shape index (κ3) is 3.06. The predicted octanol–water partition coefficient (Wildman–Crippen LogP) is 2.84. The van der Waals surface area contributed by atoms with Gasteiger partial charge < -0.3 is 10.1 Å². The Balaban J connectivity index is 2.11. The molecule has 1 aromatic carbocycles. The van der Waals surface area contributed by atoms with Crippen LogP contribution in [0.2, 0.25) is 0 Å². The van der Waals surface area contributed by atoms with Gasteiger partial charge in [-0.25, -0.2) is 4.98 Å². The summed E-state index contributed by atoms with van der Waals surface area (Å²) in [5.74, 6) is 0. The number of aromatic nitrogens is 1. The third-order valence-electron chi connectivity index (χ3n) is 2.43. The van der Waals surface area contributed by atoms with E-state index in [9.17, 15) is 0 Å². The van der Waals surface area contributed by atoms with Crippen molar-refractivity contribution < 1.29 is 4.74 Å². The molecule has 0 atom stereocenters. The van der Waals surface area contributed by atoms with E-state index in [1.165, 1.54) is 0 Å². The highest BCUT2D eigenvalue weighted by molar-refractivity contribution is 5.60. The lowest BCUT2D eigenvalue weighted by atomic mass is 10.2. The number of hydrogen-bond acceptors (Lipinski definition) is 4. The quantitative estimate of drug-likeness (QED) is 0.891. The molecule has 0 fully saturated rings. The van der Waals surface area contributed by atoms with Gasteiger partial charge in [0.25, 0.3) is 0 Å². The lowest BCUT2D eigenvalue weighted by Gasteiger charge is -2.07. The summed E-state index contributed by atoms with van der Waals surface area (Å²) in [5.41, 5.74) is 3.33. The number of benzene rings is 1. The van der Waals surface area contributed by atoms with Crippen molar-refractivity contribution in [3.8, 4) is 6.07 Å². The normalized spacial score (nSPS) is 9.78. The highest BCUT2D eigenvalue weighted by Gasteiger charge is 1.98. The molecule has 2 rings (SSSR count). The zero-order chi connectivity index (χ0) is 12.8. The van der Waals surface area contributed by atoms with Crippen LogP contribution in [-0.2, 0) is 11.3 Å². The van der Waals surface area contributed by atoms with E-state index in [4.69, 9.17) is 10.00 Å². The fourth-order valence-electron chi connectivity index (χ4n) is 1.59. The van der Waals surface area contributed by atoms with Crippen molar-refractivity contribution in [3.05, 3.63) is 53.9 Å². The van der Waals surface area contributed by atoms with Gasteiger partial charge in [0.05, 0.1) is 6.61 Å². The molecule has 1 N–H and O–H groups in total. The van der Waals surface area contributed by atoms with Gasteiger partial charge in [0.2, 0.25) is 0 Å². The minimum Gasteiger partial charge on any atom is -0.380 e. The number of nitrogens with one attached hydrogen (secondary N) is 1. The maximum atomic E-state index is 8.77. The lowest BCUT2D eigenvalue weighted by molar-refractivity contribution is 0.185. The van der Waals surface area contributed by atoms with Gasteiger partial charge >= 0.3 is 0 Å². The van der Waals surface area contributed by atoms with Crippen LogP contribution in [0.25, 0.3) is 0 Å². The van der Waals surface area contributed by atoms with Crippen LogP contribution in [0.4, 0.5) is 11.4 Å². The molecule has 0 aliphatic carbocycles. The molecule has 0 aliphatic heterocycles. The van der Waals surface area contributed by atoms with Gasteiger partial charge in [-0.15, -0.1) is 0 Å². The van der Waals surface area contributed by atoms with Crippen molar-refractivity contribution in [1.82, 2.24) is 4.98 Å². The highest BCUT2D eigenvalue weighted by Crippen LogP contribution is 2.17. The maximum Gasteiger partial charge on any atom is 0.142 e. The largest absolute Gasteiger partial charge is 0.380 e.